The molecule has 0 fully saturated rings. The summed E-state index contributed by atoms with van der Waals surface area (Å²) >= 11 is 7.20. The van der Waals surface area contributed by atoms with Gasteiger partial charge in [-0.25, -0.2) is 0 Å². The van der Waals surface area contributed by atoms with Gasteiger partial charge in [0.05, 0.1) is 5.69 Å². The van der Waals surface area contributed by atoms with Crippen LogP contribution in [-0.2, 0) is 11.3 Å². The van der Waals surface area contributed by atoms with Crippen molar-refractivity contribution < 1.29 is 9.32 Å². The van der Waals surface area contributed by atoms with Crippen molar-refractivity contribution >= 4 is 34.7 Å². The maximum atomic E-state index is 12.1. The van der Waals surface area contributed by atoms with Gasteiger partial charge in [0.2, 0.25) is 5.91 Å². The number of carbonyl (C=O) groups excluding carboxylic acids is 1. The van der Waals surface area contributed by atoms with Crippen LogP contribution >= 0.6 is 22.9 Å². The molecule has 0 unspecified atom stereocenters. The van der Waals surface area contributed by atoms with Gasteiger partial charge in [-0.1, -0.05) is 46.3 Å². The molecular formula is C15H12ClN3O3S. The minimum atomic E-state index is -0.368. The molecule has 23 heavy (non-hydrogen) atoms. The fourth-order valence-electron chi connectivity index (χ4n) is 2.11. The molecule has 0 radical (unpaired) electrons. The first-order chi connectivity index (χ1) is 11.0. The van der Waals surface area contributed by atoms with E-state index in [1.807, 2.05) is 6.07 Å². The number of nitrogens with one attached hydrogen (secondary N) is 1. The maximum Gasteiger partial charge on any atom is 0.308 e. The Morgan fingerprint density at radius 3 is 2.91 bits per heavy atom. The molecule has 0 aliphatic heterocycles. The first-order valence-corrected chi connectivity index (χ1v) is 7.97. The molecule has 1 N–H and O–H groups in total. The highest BCUT2D eigenvalue weighted by Gasteiger charge is 2.15. The van der Waals surface area contributed by atoms with Gasteiger partial charge in [-0.3, -0.25) is 14.2 Å². The number of anilines is 1. The van der Waals surface area contributed by atoms with Crippen LogP contribution in [0, 0.1) is 6.92 Å². The second-order valence-corrected chi connectivity index (χ2v) is 6.05. The molecule has 2 heterocycles. The second kappa shape index (κ2) is 6.39. The zero-order chi connectivity index (χ0) is 16.4. The summed E-state index contributed by atoms with van der Waals surface area (Å²) in [5.74, 6) is 0.534. The lowest BCUT2D eigenvalue weighted by Gasteiger charge is -2.08. The fraction of sp³-hybridized carbons (Fsp3) is 0.133. The zero-order valence-electron chi connectivity index (χ0n) is 12.1. The van der Waals surface area contributed by atoms with Crippen molar-refractivity contribution in [2.24, 2.45) is 0 Å². The quantitative estimate of drug-likeness (QED) is 0.784. The van der Waals surface area contributed by atoms with Crippen molar-refractivity contribution in [2.75, 3.05) is 5.32 Å². The highest BCUT2D eigenvalue weighted by atomic mass is 35.5. The molecule has 0 saturated heterocycles. The smallest absolute Gasteiger partial charge is 0.308 e. The van der Waals surface area contributed by atoms with Crippen LogP contribution in [0.3, 0.4) is 0 Å². The van der Waals surface area contributed by atoms with Crippen LogP contribution in [0.15, 0.2) is 45.0 Å². The highest BCUT2D eigenvalue weighted by Crippen LogP contribution is 2.27. The number of thiazole rings is 1. The number of rotatable bonds is 4. The van der Waals surface area contributed by atoms with Crippen LogP contribution in [0.4, 0.5) is 5.82 Å². The molecular weight excluding hydrogens is 338 g/mol. The average molecular weight is 350 g/mol. The molecule has 3 rings (SSSR count). The third kappa shape index (κ3) is 3.35. The molecule has 1 amide bonds. The summed E-state index contributed by atoms with van der Waals surface area (Å²) < 4.78 is 6.27. The number of benzene rings is 1. The van der Waals surface area contributed by atoms with Gasteiger partial charge in [-0.2, -0.15) is 0 Å². The van der Waals surface area contributed by atoms with Crippen LogP contribution in [0.2, 0.25) is 5.02 Å². The lowest BCUT2D eigenvalue weighted by atomic mass is 10.2. The molecule has 1 aromatic carbocycles. The van der Waals surface area contributed by atoms with Crippen molar-refractivity contribution in [3.05, 3.63) is 56.2 Å². The summed E-state index contributed by atoms with van der Waals surface area (Å²) in [6.07, 6.45) is 0. The number of nitrogens with zero attached hydrogens (tertiary/aromatic N) is 2. The Morgan fingerprint density at radius 2 is 2.22 bits per heavy atom. The molecule has 8 heteroatoms. The van der Waals surface area contributed by atoms with E-state index >= 15 is 0 Å². The van der Waals surface area contributed by atoms with Gasteiger partial charge >= 0.3 is 4.87 Å². The third-order valence-corrected chi connectivity index (χ3v) is 4.22. The average Bonchev–Trinajstić information content (AvgIpc) is 3.07. The molecule has 0 aliphatic rings. The van der Waals surface area contributed by atoms with Crippen molar-refractivity contribution in [1.29, 1.82) is 0 Å². The Balaban J connectivity index is 1.86. The predicted molar refractivity (Wildman–Crippen MR) is 88.9 cm³/mol. The van der Waals surface area contributed by atoms with E-state index in [1.54, 1.807) is 36.6 Å². The van der Waals surface area contributed by atoms with Crippen molar-refractivity contribution in [2.45, 2.75) is 13.5 Å². The van der Waals surface area contributed by atoms with Gasteiger partial charge in [0.15, 0.2) is 5.82 Å². The van der Waals surface area contributed by atoms with Gasteiger partial charge < -0.3 is 9.84 Å². The first kappa shape index (κ1) is 15.5. The van der Waals surface area contributed by atoms with E-state index in [1.165, 1.54) is 4.57 Å². The molecule has 2 aromatic heterocycles. The van der Waals surface area contributed by atoms with E-state index in [9.17, 15) is 9.59 Å². The standard InChI is InChI=1S/C15H12ClN3O3S/c1-9-6-13(18-22-9)17-14(20)7-19-12(8-23-15(19)21)10-4-2-3-5-11(10)16/h2-6,8H,7H2,1H3,(H,17,18,20). The van der Waals surface area contributed by atoms with Crippen LogP contribution in [0.5, 0.6) is 0 Å². The highest BCUT2D eigenvalue weighted by molar-refractivity contribution is 7.07. The Morgan fingerprint density at radius 1 is 1.43 bits per heavy atom. The largest absolute Gasteiger partial charge is 0.360 e. The van der Waals surface area contributed by atoms with E-state index in [2.05, 4.69) is 10.5 Å². The van der Waals surface area contributed by atoms with E-state index in [-0.39, 0.29) is 17.3 Å². The maximum absolute atomic E-state index is 12.1. The summed E-state index contributed by atoms with van der Waals surface area (Å²) in [5, 5.41) is 8.49. The second-order valence-electron chi connectivity index (χ2n) is 4.82. The van der Waals surface area contributed by atoms with Crippen LogP contribution in [0.25, 0.3) is 11.3 Å². The van der Waals surface area contributed by atoms with Gasteiger partial charge in [-0.05, 0) is 13.0 Å². The van der Waals surface area contributed by atoms with Crippen molar-refractivity contribution in [3.63, 3.8) is 0 Å². The van der Waals surface area contributed by atoms with Crippen LogP contribution in [0.1, 0.15) is 5.76 Å². The monoisotopic (exact) mass is 349 g/mol. The molecule has 118 valence electrons. The van der Waals surface area contributed by atoms with E-state index in [4.69, 9.17) is 16.1 Å². The van der Waals surface area contributed by atoms with Gasteiger partial charge in [0, 0.05) is 22.0 Å². The summed E-state index contributed by atoms with van der Waals surface area (Å²) in [4.78, 5) is 23.9. The Kier molecular flexibility index (Phi) is 4.31. The summed E-state index contributed by atoms with van der Waals surface area (Å²) in [6.45, 7) is 1.59. The number of hydrogen-bond donors (Lipinski definition) is 1. The molecule has 0 atom stereocenters. The van der Waals surface area contributed by atoms with Gasteiger partial charge in [0.1, 0.15) is 12.3 Å². The summed E-state index contributed by atoms with van der Waals surface area (Å²) in [6, 6.07) is 8.77. The van der Waals surface area contributed by atoms with Crippen molar-refractivity contribution in [3.8, 4) is 11.3 Å². The van der Waals surface area contributed by atoms with E-state index in [0.717, 1.165) is 11.3 Å². The molecule has 0 aliphatic carbocycles. The summed E-state index contributed by atoms with van der Waals surface area (Å²) in [5.41, 5.74) is 1.31. The SMILES string of the molecule is Cc1cc(NC(=O)Cn2c(-c3ccccc3Cl)csc2=O)no1. The predicted octanol–water partition coefficient (Wildman–Crippen LogP) is 3.17. The number of amides is 1. The number of hydrogen-bond acceptors (Lipinski definition) is 5. The summed E-state index contributed by atoms with van der Waals surface area (Å²) in [7, 11) is 0. The van der Waals surface area contributed by atoms with E-state index in [0.29, 0.717) is 27.9 Å². The minimum Gasteiger partial charge on any atom is -0.360 e. The van der Waals surface area contributed by atoms with E-state index < -0.39 is 0 Å². The number of carbonyl (C=O) groups is 1. The lowest BCUT2D eigenvalue weighted by molar-refractivity contribution is -0.116. The Labute approximate surface area is 140 Å². The number of aromatic nitrogens is 2. The molecule has 6 nitrogen and oxygen atoms in total. The van der Waals surface area contributed by atoms with Crippen molar-refractivity contribution in [1.82, 2.24) is 9.72 Å². The molecule has 0 spiro atoms. The van der Waals surface area contributed by atoms with Gasteiger partial charge in [-0.15, -0.1) is 0 Å². The molecule has 0 saturated carbocycles. The first-order valence-electron chi connectivity index (χ1n) is 6.71. The fourth-order valence-corrected chi connectivity index (χ4v) is 3.10. The third-order valence-electron chi connectivity index (χ3n) is 3.13. The molecule has 3 aromatic rings. The van der Waals surface area contributed by atoms with Crippen LogP contribution < -0.4 is 10.2 Å². The Hall–Kier alpha value is -2.38. The zero-order valence-corrected chi connectivity index (χ0v) is 13.6. The topological polar surface area (TPSA) is 77.1 Å². The molecule has 0 bridgehead atoms. The normalized spacial score (nSPS) is 10.7. The minimum absolute atomic E-state index is 0.130. The Bertz CT molecular complexity index is 913. The number of aryl methyl sites for hydroxylation is 1. The van der Waals surface area contributed by atoms with Crippen LogP contribution in [-0.4, -0.2) is 15.6 Å². The van der Waals surface area contributed by atoms with Gasteiger partial charge in [0.25, 0.3) is 0 Å². The lowest BCUT2D eigenvalue weighted by Crippen LogP contribution is -2.25. The number of halogens is 1.